The molecule has 0 aliphatic rings. The van der Waals surface area contributed by atoms with Crippen molar-refractivity contribution in [1.29, 1.82) is 0 Å². The number of aromatic amines is 1. The summed E-state index contributed by atoms with van der Waals surface area (Å²) in [6.07, 6.45) is 0.716. The van der Waals surface area contributed by atoms with Crippen molar-refractivity contribution < 1.29 is 14.3 Å². The molecule has 144 valence electrons. The minimum atomic E-state index is -0.419. The maximum atomic E-state index is 12.9. The van der Waals surface area contributed by atoms with E-state index in [1.165, 1.54) is 5.56 Å². The Balaban J connectivity index is 1.85. The summed E-state index contributed by atoms with van der Waals surface area (Å²) in [5, 5.41) is 2.98. The van der Waals surface area contributed by atoms with Crippen LogP contribution in [-0.2, 0) is 11.2 Å². The van der Waals surface area contributed by atoms with Crippen molar-refractivity contribution in [2.75, 3.05) is 11.9 Å². The zero-order valence-electron chi connectivity index (χ0n) is 16.3. The smallest absolute Gasteiger partial charge is 0.340 e. The average molecular weight is 376 g/mol. The summed E-state index contributed by atoms with van der Waals surface area (Å²) >= 11 is 0. The number of anilines is 1. The lowest BCUT2D eigenvalue weighted by molar-refractivity contribution is 0.0525. The van der Waals surface area contributed by atoms with Crippen molar-refractivity contribution in [2.45, 2.75) is 27.2 Å². The van der Waals surface area contributed by atoms with Crippen LogP contribution in [0, 0.1) is 13.8 Å². The van der Waals surface area contributed by atoms with Gasteiger partial charge in [0, 0.05) is 11.4 Å². The molecule has 5 nitrogen and oxygen atoms in total. The maximum Gasteiger partial charge on any atom is 0.340 e. The van der Waals surface area contributed by atoms with E-state index in [4.69, 9.17) is 4.74 Å². The molecular formula is C23H24N2O3. The number of carbonyl (C=O) groups is 2. The molecule has 0 bridgehead atoms. The third-order valence-electron chi connectivity index (χ3n) is 4.65. The first-order valence-electron chi connectivity index (χ1n) is 9.30. The van der Waals surface area contributed by atoms with E-state index in [2.05, 4.69) is 22.4 Å². The molecule has 3 rings (SSSR count). The molecule has 5 heteroatoms. The van der Waals surface area contributed by atoms with Crippen LogP contribution in [0.2, 0.25) is 0 Å². The lowest BCUT2D eigenvalue weighted by Gasteiger charge is -2.11. The van der Waals surface area contributed by atoms with E-state index in [0.717, 1.165) is 11.3 Å². The van der Waals surface area contributed by atoms with Crippen molar-refractivity contribution in [1.82, 2.24) is 4.98 Å². The number of amides is 1. The highest BCUT2D eigenvalue weighted by Gasteiger charge is 2.23. The Morgan fingerprint density at radius 3 is 2.39 bits per heavy atom. The lowest BCUT2D eigenvalue weighted by Crippen LogP contribution is -2.15. The van der Waals surface area contributed by atoms with E-state index < -0.39 is 5.97 Å². The minimum absolute atomic E-state index is 0.281. The van der Waals surface area contributed by atoms with Crippen molar-refractivity contribution in [3.05, 3.63) is 88.2 Å². The quantitative estimate of drug-likeness (QED) is 0.615. The highest BCUT2D eigenvalue weighted by Crippen LogP contribution is 2.23. The number of nitrogens with one attached hydrogen (secondary N) is 2. The lowest BCUT2D eigenvalue weighted by atomic mass is 10.0. The summed E-state index contributed by atoms with van der Waals surface area (Å²) in [6, 6.07) is 17.8. The molecule has 0 spiro atoms. The number of rotatable bonds is 6. The van der Waals surface area contributed by atoms with Crippen LogP contribution < -0.4 is 5.32 Å². The van der Waals surface area contributed by atoms with Gasteiger partial charge in [0.25, 0.3) is 5.91 Å². The molecule has 0 saturated heterocycles. The topological polar surface area (TPSA) is 71.2 Å². The number of para-hydroxylation sites is 1. The SMILES string of the molecule is CCOC(=O)c1c(C)[nH]c(C(=O)Nc2ccccc2Cc2ccccc2)c1C. The zero-order chi connectivity index (χ0) is 20.1. The molecule has 0 fully saturated rings. The number of aromatic nitrogens is 1. The molecule has 1 heterocycles. The largest absolute Gasteiger partial charge is 0.462 e. The molecule has 0 saturated carbocycles. The van der Waals surface area contributed by atoms with Gasteiger partial charge < -0.3 is 15.0 Å². The number of benzene rings is 2. The molecule has 0 atom stereocenters. The van der Waals surface area contributed by atoms with Crippen LogP contribution in [0.25, 0.3) is 0 Å². The third-order valence-corrected chi connectivity index (χ3v) is 4.65. The highest BCUT2D eigenvalue weighted by molar-refractivity contribution is 6.07. The fraction of sp³-hybridized carbons (Fsp3) is 0.217. The molecule has 2 N–H and O–H groups in total. The summed E-state index contributed by atoms with van der Waals surface area (Å²) in [5.41, 5.74) is 4.95. The second kappa shape index (κ2) is 8.57. The second-order valence-electron chi connectivity index (χ2n) is 6.62. The van der Waals surface area contributed by atoms with Crippen LogP contribution >= 0.6 is 0 Å². The van der Waals surface area contributed by atoms with Gasteiger partial charge in [-0.1, -0.05) is 48.5 Å². The van der Waals surface area contributed by atoms with Gasteiger partial charge in [-0.25, -0.2) is 4.79 Å². The Labute approximate surface area is 164 Å². The number of hydrogen-bond donors (Lipinski definition) is 2. The van der Waals surface area contributed by atoms with Crippen LogP contribution in [-0.4, -0.2) is 23.5 Å². The molecule has 0 aliphatic carbocycles. The van der Waals surface area contributed by atoms with Crippen molar-refractivity contribution in [3.8, 4) is 0 Å². The molecule has 2 aromatic carbocycles. The van der Waals surface area contributed by atoms with Gasteiger partial charge in [0.2, 0.25) is 0 Å². The number of aryl methyl sites for hydroxylation is 1. The van der Waals surface area contributed by atoms with Gasteiger partial charge in [0.15, 0.2) is 0 Å². The number of ether oxygens (including phenoxy) is 1. The van der Waals surface area contributed by atoms with Gasteiger partial charge in [-0.2, -0.15) is 0 Å². The fourth-order valence-electron chi connectivity index (χ4n) is 3.28. The molecule has 0 radical (unpaired) electrons. The van der Waals surface area contributed by atoms with Gasteiger partial charge in [-0.05, 0) is 49.9 Å². The third kappa shape index (κ3) is 4.14. The van der Waals surface area contributed by atoms with E-state index in [1.807, 2.05) is 42.5 Å². The van der Waals surface area contributed by atoms with Crippen molar-refractivity contribution >= 4 is 17.6 Å². The summed E-state index contributed by atoms with van der Waals surface area (Å²) in [7, 11) is 0. The first kappa shape index (κ1) is 19.4. The van der Waals surface area contributed by atoms with Gasteiger partial charge in [0.05, 0.1) is 12.2 Å². The van der Waals surface area contributed by atoms with E-state index in [0.29, 0.717) is 28.9 Å². The Morgan fingerprint density at radius 1 is 1.00 bits per heavy atom. The second-order valence-corrected chi connectivity index (χ2v) is 6.62. The zero-order valence-corrected chi connectivity index (χ0v) is 16.3. The highest BCUT2D eigenvalue weighted by atomic mass is 16.5. The first-order chi connectivity index (χ1) is 13.5. The molecular weight excluding hydrogens is 352 g/mol. The number of H-pyrrole nitrogens is 1. The first-order valence-corrected chi connectivity index (χ1v) is 9.30. The van der Waals surface area contributed by atoms with Gasteiger partial charge in [-0.15, -0.1) is 0 Å². The van der Waals surface area contributed by atoms with Crippen molar-refractivity contribution in [2.24, 2.45) is 0 Å². The van der Waals surface area contributed by atoms with Crippen LogP contribution in [0.3, 0.4) is 0 Å². The molecule has 28 heavy (non-hydrogen) atoms. The van der Waals surface area contributed by atoms with E-state index in [-0.39, 0.29) is 12.5 Å². The predicted molar refractivity (Wildman–Crippen MR) is 110 cm³/mol. The van der Waals surface area contributed by atoms with Crippen LogP contribution in [0.1, 0.15) is 50.2 Å². The summed E-state index contributed by atoms with van der Waals surface area (Å²) in [6.45, 7) is 5.56. The number of hydrogen-bond acceptors (Lipinski definition) is 3. The fourth-order valence-corrected chi connectivity index (χ4v) is 3.28. The standard InChI is InChI=1S/C23H24N2O3/c1-4-28-23(27)20-15(2)21(24-16(20)3)22(26)25-19-13-9-8-12-18(19)14-17-10-6-5-7-11-17/h5-13,24H,4,14H2,1-3H3,(H,25,26). The molecule has 1 aromatic heterocycles. The summed E-state index contributed by atoms with van der Waals surface area (Å²) in [4.78, 5) is 28.1. The molecule has 3 aromatic rings. The molecule has 0 aliphatic heterocycles. The van der Waals surface area contributed by atoms with Gasteiger partial charge >= 0.3 is 5.97 Å². The van der Waals surface area contributed by atoms with Crippen molar-refractivity contribution in [3.63, 3.8) is 0 Å². The molecule has 0 unspecified atom stereocenters. The monoisotopic (exact) mass is 376 g/mol. The normalized spacial score (nSPS) is 10.5. The van der Waals surface area contributed by atoms with E-state index in [1.54, 1.807) is 20.8 Å². The van der Waals surface area contributed by atoms with E-state index >= 15 is 0 Å². The number of esters is 1. The van der Waals surface area contributed by atoms with Gasteiger partial charge in [-0.3, -0.25) is 4.79 Å². The summed E-state index contributed by atoms with van der Waals surface area (Å²) in [5.74, 6) is -0.700. The maximum absolute atomic E-state index is 12.9. The number of carbonyl (C=O) groups excluding carboxylic acids is 2. The van der Waals surface area contributed by atoms with Crippen LogP contribution in [0.15, 0.2) is 54.6 Å². The van der Waals surface area contributed by atoms with E-state index in [9.17, 15) is 9.59 Å². The Kier molecular flexibility index (Phi) is 5.94. The summed E-state index contributed by atoms with van der Waals surface area (Å²) < 4.78 is 5.10. The average Bonchev–Trinajstić information content (AvgIpc) is 2.99. The Morgan fingerprint density at radius 2 is 1.68 bits per heavy atom. The van der Waals surface area contributed by atoms with Crippen LogP contribution in [0.4, 0.5) is 5.69 Å². The Bertz CT molecular complexity index is 990. The minimum Gasteiger partial charge on any atom is -0.462 e. The Hall–Kier alpha value is -3.34. The van der Waals surface area contributed by atoms with Crippen LogP contribution in [0.5, 0.6) is 0 Å². The van der Waals surface area contributed by atoms with Gasteiger partial charge in [0.1, 0.15) is 5.69 Å². The predicted octanol–water partition coefficient (Wildman–Crippen LogP) is 4.65. The molecule has 1 amide bonds.